The Morgan fingerprint density at radius 1 is 1.32 bits per heavy atom. The zero-order valence-corrected chi connectivity index (χ0v) is 15.0. The maximum absolute atomic E-state index is 12.0. The van der Waals surface area contributed by atoms with Crippen molar-refractivity contribution in [1.29, 1.82) is 0 Å². The minimum atomic E-state index is -0.0985. The zero-order chi connectivity index (χ0) is 14.4. The molecule has 0 saturated heterocycles. The molecule has 0 fully saturated rings. The summed E-state index contributed by atoms with van der Waals surface area (Å²) in [5.41, 5.74) is 0.573. The van der Waals surface area contributed by atoms with Crippen LogP contribution in [0.15, 0.2) is 22.7 Å². The molecule has 0 bridgehead atoms. The molecule has 2 nitrogen and oxygen atoms in total. The molecule has 1 atom stereocenters. The van der Waals surface area contributed by atoms with Crippen LogP contribution in [0.5, 0.6) is 0 Å². The number of halogens is 3. The number of carbonyl (C=O) groups excluding carboxylic acids is 1. The summed E-state index contributed by atoms with van der Waals surface area (Å²) >= 11 is 12.9. The molecule has 106 valence electrons. The van der Waals surface area contributed by atoms with Crippen molar-refractivity contribution in [3.63, 3.8) is 0 Å². The van der Waals surface area contributed by atoms with E-state index in [1.165, 1.54) is 0 Å². The van der Waals surface area contributed by atoms with Crippen LogP contribution in [0.2, 0.25) is 5.02 Å². The molecule has 1 amide bonds. The average Bonchev–Trinajstić information content (AvgIpc) is 2.36. The van der Waals surface area contributed by atoms with Crippen LogP contribution in [0.25, 0.3) is 0 Å². The Morgan fingerprint density at radius 3 is 2.47 bits per heavy atom. The van der Waals surface area contributed by atoms with Gasteiger partial charge in [-0.25, -0.2) is 0 Å². The molecule has 1 rings (SSSR count). The second-order valence-electron chi connectivity index (χ2n) is 4.46. The van der Waals surface area contributed by atoms with E-state index in [4.69, 9.17) is 11.6 Å². The van der Waals surface area contributed by atoms with E-state index in [0.29, 0.717) is 27.9 Å². The fraction of sp³-hybridized carbons (Fsp3) is 0.500. The van der Waals surface area contributed by atoms with Gasteiger partial charge in [-0.3, -0.25) is 4.79 Å². The summed E-state index contributed by atoms with van der Waals surface area (Å²) < 4.78 is 0.806. The van der Waals surface area contributed by atoms with E-state index in [1.54, 1.807) is 18.2 Å². The van der Waals surface area contributed by atoms with Gasteiger partial charge in [-0.15, -0.1) is 0 Å². The highest BCUT2D eigenvalue weighted by atomic mass is 79.9. The van der Waals surface area contributed by atoms with Crippen molar-refractivity contribution in [3.8, 4) is 0 Å². The lowest BCUT2D eigenvalue weighted by molar-refractivity contribution is 0.0952. The van der Waals surface area contributed by atoms with Crippen molar-refractivity contribution in [2.45, 2.75) is 31.5 Å². The van der Waals surface area contributed by atoms with Gasteiger partial charge in [0.1, 0.15) is 0 Å². The molecule has 5 heteroatoms. The Hall–Kier alpha value is -0.0600. The molecule has 0 aliphatic heterocycles. The number of hydrogen-bond donors (Lipinski definition) is 1. The fourth-order valence-corrected chi connectivity index (χ4v) is 3.71. The average molecular weight is 412 g/mol. The number of amides is 1. The van der Waals surface area contributed by atoms with Gasteiger partial charge in [0, 0.05) is 26.4 Å². The van der Waals surface area contributed by atoms with Crippen LogP contribution in [0, 0.1) is 5.92 Å². The number of nitrogens with one attached hydrogen (secondary N) is 1. The summed E-state index contributed by atoms with van der Waals surface area (Å²) in [6.45, 7) is 4.95. The van der Waals surface area contributed by atoms with Crippen molar-refractivity contribution in [2.75, 3.05) is 6.54 Å². The van der Waals surface area contributed by atoms with Gasteiger partial charge in [0.2, 0.25) is 0 Å². The predicted octanol–water partition coefficient (Wildman–Crippen LogP) is 5.03. The van der Waals surface area contributed by atoms with E-state index in [2.05, 4.69) is 51.0 Å². The van der Waals surface area contributed by atoms with Crippen molar-refractivity contribution in [2.24, 2.45) is 5.92 Å². The third-order valence-electron chi connectivity index (χ3n) is 3.14. The molecule has 0 heterocycles. The standard InChI is InChI=1S/C14H18Br2ClNO/c1-3-9(4-2)13(16)8-18-14(19)10-5-11(15)7-12(17)6-10/h5-7,9,13H,3-4,8H2,1-2H3,(H,18,19). The highest BCUT2D eigenvalue weighted by Crippen LogP contribution is 2.21. The van der Waals surface area contributed by atoms with Gasteiger partial charge in [-0.2, -0.15) is 0 Å². The third-order valence-corrected chi connectivity index (χ3v) is 4.89. The normalized spacial score (nSPS) is 12.5. The summed E-state index contributed by atoms with van der Waals surface area (Å²) in [7, 11) is 0. The molecule has 1 N–H and O–H groups in total. The van der Waals surface area contributed by atoms with E-state index in [0.717, 1.165) is 17.3 Å². The summed E-state index contributed by atoms with van der Waals surface area (Å²) in [6, 6.07) is 5.19. The molecule has 0 radical (unpaired) electrons. The molecule has 0 aromatic heterocycles. The monoisotopic (exact) mass is 409 g/mol. The van der Waals surface area contributed by atoms with E-state index >= 15 is 0 Å². The summed E-state index contributed by atoms with van der Waals surface area (Å²) in [6.07, 6.45) is 2.20. The largest absolute Gasteiger partial charge is 0.351 e. The van der Waals surface area contributed by atoms with Gasteiger partial charge in [0.05, 0.1) is 0 Å². The lowest BCUT2D eigenvalue weighted by Crippen LogP contribution is -2.32. The Kier molecular flexibility index (Phi) is 7.40. The van der Waals surface area contributed by atoms with Gasteiger partial charge < -0.3 is 5.32 Å². The minimum absolute atomic E-state index is 0.0985. The molecule has 1 aromatic rings. The summed E-state index contributed by atoms with van der Waals surface area (Å²) in [5, 5.41) is 3.49. The highest BCUT2D eigenvalue weighted by molar-refractivity contribution is 9.10. The highest BCUT2D eigenvalue weighted by Gasteiger charge is 2.16. The molecule has 0 spiro atoms. The quantitative estimate of drug-likeness (QED) is 0.654. The SMILES string of the molecule is CCC(CC)C(Br)CNC(=O)c1cc(Cl)cc(Br)c1. The lowest BCUT2D eigenvalue weighted by atomic mass is 9.99. The Balaban J connectivity index is 2.60. The first-order valence-electron chi connectivity index (χ1n) is 6.36. The van der Waals surface area contributed by atoms with Gasteiger partial charge in [-0.05, 0) is 24.1 Å². The molecule has 0 aliphatic carbocycles. The zero-order valence-electron chi connectivity index (χ0n) is 11.1. The Morgan fingerprint density at radius 2 is 1.95 bits per heavy atom. The van der Waals surface area contributed by atoms with Crippen LogP contribution in [-0.4, -0.2) is 17.3 Å². The first-order chi connectivity index (χ1) is 8.97. The van der Waals surface area contributed by atoms with E-state index in [9.17, 15) is 4.79 Å². The van der Waals surface area contributed by atoms with E-state index in [-0.39, 0.29) is 5.91 Å². The maximum atomic E-state index is 12.0. The number of rotatable bonds is 6. The van der Waals surface area contributed by atoms with Crippen molar-refractivity contribution in [1.82, 2.24) is 5.32 Å². The fourth-order valence-electron chi connectivity index (χ4n) is 1.94. The number of benzene rings is 1. The topological polar surface area (TPSA) is 29.1 Å². The number of hydrogen-bond acceptors (Lipinski definition) is 1. The molecule has 1 unspecified atom stereocenters. The van der Waals surface area contributed by atoms with Crippen LogP contribution in [0.1, 0.15) is 37.0 Å². The van der Waals surface area contributed by atoms with Crippen molar-refractivity contribution < 1.29 is 4.79 Å². The Labute approximate surface area is 136 Å². The molecule has 1 aromatic carbocycles. The second-order valence-corrected chi connectivity index (χ2v) is 6.99. The molecular weight excluding hydrogens is 393 g/mol. The van der Waals surface area contributed by atoms with Gasteiger partial charge >= 0.3 is 0 Å². The number of alkyl halides is 1. The van der Waals surface area contributed by atoms with Crippen LogP contribution >= 0.6 is 43.5 Å². The van der Waals surface area contributed by atoms with E-state index < -0.39 is 0 Å². The summed E-state index contributed by atoms with van der Waals surface area (Å²) in [5.74, 6) is 0.477. The van der Waals surface area contributed by atoms with Gasteiger partial charge in [0.25, 0.3) is 5.91 Å². The van der Waals surface area contributed by atoms with Crippen LogP contribution in [-0.2, 0) is 0 Å². The van der Waals surface area contributed by atoms with Crippen LogP contribution in [0.4, 0.5) is 0 Å². The summed E-state index contributed by atoms with van der Waals surface area (Å²) in [4.78, 5) is 12.3. The van der Waals surface area contributed by atoms with E-state index in [1.807, 2.05) is 0 Å². The van der Waals surface area contributed by atoms with Crippen LogP contribution < -0.4 is 5.32 Å². The van der Waals surface area contributed by atoms with Crippen LogP contribution in [0.3, 0.4) is 0 Å². The molecule has 0 aliphatic rings. The first-order valence-corrected chi connectivity index (χ1v) is 8.44. The molecule has 19 heavy (non-hydrogen) atoms. The smallest absolute Gasteiger partial charge is 0.251 e. The second kappa shape index (κ2) is 8.28. The van der Waals surface area contributed by atoms with Gasteiger partial charge in [0.15, 0.2) is 0 Å². The van der Waals surface area contributed by atoms with Gasteiger partial charge in [-0.1, -0.05) is 70.1 Å². The molecular formula is C14H18Br2ClNO. The molecule has 0 saturated carbocycles. The minimum Gasteiger partial charge on any atom is -0.351 e. The maximum Gasteiger partial charge on any atom is 0.251 e. The predicted molar refractivity (Wildman–Crippen MR) is 88.3 cm³/mol. The van der Waals surface area contributed by atoms with Crippen molar-refractivity contribution >= 4 is 49.4 Å². The third kappa shape index (κ3) is 5.44. The number of carbonyl (C=O) groups is 1. The van der Waals surface area contributed by atoms with Crippen molar-refractivity contribution in [3.05, 3.63) is 33.3 Å². The lowest BCUT2D eigenvalue weighted by Gasteiger charge is -2.20. The first kappa shape index (κ1) is 17.0. The Bertz CT molecular complexity index is 415.